The van der Waals surface area contributed by atoms with Gasteiger partial charge in [-0.25, -0.2) is 4.98 Å². The SMILES string of the molecule is CCOc1ccc(Cc2nc3cc([N+](=O)[O-])ccc3n2CCN(C)C)cc1.Cl. The van der Waals surface area contributed by atoms with E-state index in [1.54, 1.807) is 12.1 Å². The first-order valence-corrected chi connectivity index (χ1v) is 8.98. The van der Waals surface area contributed by atoms with Crippen molar-refractivity contribution in [2.75, 3.05) is 27.2 Å². The first-order chi connectivity index (χ1) is 13.0. The molecule has 0 spiro atoms. The Labute approximate surface area is 170 Å². The Balaban J connectivity index is 0.00000280. The highest BCUT2D eigenvalue weighted by molar-refractivity contribution is 5.85. The summed E-state index contributed by atoms with van der Waals surface area (Å²) in [5.41, 5.74) is 2.76. The van der Waals surface area contributed by atoms with Crippen LogP contribution in [0.25, 0.3) is 11.0 Å². The smallest absolute Gasteiger partial charge is 0.271 e. The molecule has 0 aliphatic heterocycles. The van der Waals surface area contributed by atoms with Crippen molar-refractivity contribution in [1.29, 1.82) is 0 Å². The molecule has 0 fully saturated rings. The fourth-order valence-electron chi connectivity index (χ4n) is 3.02. The van der Waals surface area contributed by atoms with Gasteiger partial charge in [-0.05, 0) is 44.8 Å². The van der Waals surface area contributed by atoms with Gasteiger partial charge in [0.1, 0.15) is 11.6 Å². The highest BCUT2D eigenvalue weighted by Crippen LogP contribution is 2.24. The standard InChI is InChI=1S/C20H24N4O3.ClH/c1-4-27-17-8-5-15(6-9-17)13-20-21-18-14-16(24(25)26)7-10-19(18)23(20)12-11-22(2)3;/h5-10,14H,4,11-13H2,1-3H3;1H. The molecule has 28 heavy (non-hydrogen) atoms. The zero-order chi connectivity index (χ0) is 19.4. The minimum absolute atomic E-state index is 0. The number of non-ortho nitro benzene ring substituents is 1. The van der Waals surface area contributed by atoms with E-state index in [0.29, 0.717) is 18.5 Å². The third-order valence-corrected chi connectivity index (χ3v) is 4.39. The molecule has 0 saturated carbocycles. The van der Waals surface area contributed by atoms with Gasteiger partial charge in [-0.2, -0.15) is 0 Å². The van der Waals surface area contributed by atoms with E-state index in [4.69, 9.17) is 9.72 Å². The lowest BCUT2D eigenvalue weighted by Crippen LogP contribution is -2.19. The minimum Gasteiger partial charge on any atom is -0.494 e. The van der Waals surface area contributed by atoms with Gasteiger partial charge in [0.05, 0.1) is 22.6 Å². The number of hydrogen-bond acceptors (Lipinski definition) is 5. The van der Waals surface area contributed by atoms with Gasteiger partial charge in [0.2, 0.25) is 0 Å². The van der Waals surface area contributed by atoms with E-state index < -0.39 is 0 Å². The van der Waals surface area contributed by atoms with Crippen molar-refractivity contribution in [1.82, 2.24) is 14.5 Å². The van der Waals surface area contributed by atoms with Gasteiger partial charge in [0.25, 0.3) is 5.69 Å². The number of likely N-dealkylation sites (N-methyl/N-ethyl adjacent to an activating group) is 1. The molecule has 1 aromatic heterocycles. The van der Waals surface area contributed by atoms with Crippen molar-refractivity contribution in [3.05, 3.63) is 64.0 Å². The second kappa shape index (κ2) is 9.52. The number of hydrogen-bond donors (Lipinski definition) is 0. The first-order valence-electron chi connectivity index (χ1n) is 8.98. The van der Waals surface area contributed by atoms with Crippen LogP contribution in [0.4, 0.5) is 5.69 Å². The number of aromatic nitrogens is 2. The lowest BCUT2D eigenvalue weighted by atomic mass is 10.1. The second-order valence-corrected chi connectivity index (χ2v) is 6.67. The number of halogens is 1. The number of benzene rings is 2. The summed E-state index contributed by atoms with van der Waals surface area (Å²) in [4.78, 5) is 17.5. The van der Waals surface area contributed by atoms with Gasteiger partial charge in [-0.15, -0.1) is 12.4 Å². The van der Waals surface area contributed by atoms with Crippen LogP contribution in [0.15, 0.2) is 42.5 Å². The molecule has 1 heterocycles. The summed E-state index contributed by atoms with van der Waals surface area (Å²) >= 11 is 0. The zero-order valence-electron chi connectivity index (χ0n) is 16.3. The summed E-state index contributed by atoms with van der Waals surface area (Å²) < 4.78 is 7.64. The van der Waals surface area contributed by atoms with E-state index in [1.165, 1.54) is 6.07 Å². The molecule has 0 N–H and O–H groups in total. The van der Waals surface area contributed by atoms with Gasteiger partial charge in [-0.3, -0.25) is 10.1 Å². The molecule has 3 rings (SSSR count). The summed E-state index contributed by atoms with van der Waals surface area (Å²) in [6.07, 6.45) is 0.655. The van der Waals surface area contributed by atoms with Crippen molar-refractivity contribution < 1.29 is 9.66 Å². The van der Waals surface area contributed by atoms with Crippen LogP contribution in [-0.4, -0.2) is 46.6 Å². The Morgan fingerprint density at radius 1 is 1.18 bits per heavy atom. The summed E-state index contributed by atoms with van der Waals surface area (Å²) in [5, 5.41) is 11.1. The molecule has 3 aromatic rings. The molecule has 0 bridgehead atoms. The van der Waals surface area contributed by atoms with Crippen LogP contribution < -0.4 is 4.74 Å². The zero-order valence-corrected chi connectivity index (χ0v) is 17.1. The molecule has 0 aliphatic carbocycles. The van der Waals surface area contributed by atoms with Gasteiger partial charge >= 0.3 is 0 Å². The normalized spacial score (nSPS) is 10.9. The molecule has 0 atom stereocenters. The van der Waals surface area contributed by atoms with Gasteiger partial charge in [0, 0.05) is 31.6 Å². The van der Waals surface area contributed by atoms with Crippen LogP contribution in [0.3, 0.4) is 0 Å². The lowest BCUT2D eigenvalue weighted by Gasteiger charge is -2.13. The van der Waals surface area contributed by atoms with Crippen molar-refractivity contribution in [2.45, 2.75) is 19.9 Å². The van der Waals surface area contributed by atoms with Crippen molar-refractivity contribution in [2.24, 2.45) is 0 Å². The molecular formula is C20H25ClN4O3. The predicted octanol–water partition coefficient (Wildman–Crippen LogP) is 3.92. The highest BCUT2D eigenvalue weighted by Gasteiger charge is 2.15. The predicted molar refractivity (Wildman–Crippen MR) is 113 cm³/mol. The summed E-state index contributed by atoms with van der Waals surface area (Å²) in [7, 11) is 4.05. The van der Waals surface area contributed by atoms with Crippen LogP contribution >= 0.6 is 12.4 Å². The van der Waals surface area contributed by atoms with E-state index in [1.807, 2.05) is 45.3 Å². The number of imidazole rings is 1. The maximum Gasteiger partial charge on any atom is 0.271 e. The summed E-state index contributed by atoms with van der Waals surface area (Å²) in [6, 6.07) is 12.8. The van der Waals surface area contributed by atoms with Crippen LogP contribution in [0.5, 0.6) is 5.75 Å². The largest absolute Gasteiger partial charge is 0.494 e. The molecule has 8 heteroatoms. The number of ether oxygens (including phenoxy) is 1. The Kier molecular flexibility index (Phi) is 7.37. The van der Waals surface area contributed by atoms with E-state index in [9.17, 15) is 10.1 Å². The maximum atomic E-state index is 11.1. The number of nitro groups is 1. The van der Waals surface area contributed by atoms with Crippen LogP contribution in [0.1, 0.15) is 18.3 Å². The van der Waals surface area contributed by atoms with Gasteiger partial charge in [-0.1, -0.05) is 12.1 Å². The second-order valence-electron chi connectivity index (χ2n) is 6.67. The Hall–Kier alpha value is -2.64. The van der Waals surface area contributed by atoms with E-state index >= 15 is 0 Å². The third kappa shape index (κ3) is 4.99. The molecule has 7 nitrogen and oxygen atoms in total. The number of fused-ring (bicyclic) bond motifs is 1. The summed E-state index contributed by atoms with van der Waals surface area (Å²) in [6.45, 7) is 4.23. The van der Waals surface area contributed by atoms with Gasteiger partial charge < -0.3 is 14.2 Å². The van der Waals surface area contributed by atoms with Crippen molar-refractivity contribution in [3.8, 4) is 5.75 Å². The Morgan fingerprint density at radius 3 is 2.50 bits per heavy atom. The molecule has 0 aliphatic rings. The number of rotatable bonds is 8. The molecule has 150 valence electrons. The van der Waals surface area contributed by atoms with E-state index in [-0.39, 0.29) is 23.0 Å². The van der Waals surface area contributed by atoms with Crippen molar-refractivity contribution >= 4 is 29.1 Å². The van der Waals surface area contributed by atoms with Crippen LogP contribution in [-0.2, 0) is 13.0 Å². The fraction of sp³-hybridized carbons (Fsp3) is 0.350. The van der Waals surface area contributed by atoms with Crippen LogP contribution in [0, 0.1) is 10.1 Å². The number of nitro benzene ring substituents is 1. The van der Waals surface area contributed by atoms with E-state index in [2.05, 4.69) is 9.47 Å². The van der Waals surface area contributed by atoms with Crippen LogP contribution in [0.2, 0.25) is 0 Å². The topological polar surface area (TPSA) is 73.4 Å². The first kappa shape index (κ1) is 21.7. The average molecular weight is 405 g/mol. The molecule has 0 unspecified atom stereocenters. The summed E-state index contributed by atoms with van der Waals surface area (Å²) in [5.74, 6) is 1.74. The quantitative estimate of drug-likeness (QED) is 0.420. The monoisotopic (exact) mass is 404 g/mol. The Morgan fingerprint density at radius 2 is 1.89 bits per heavy atom. The van der Waals surface area contributed by atoms with Crippen molar-refractivity contribution in [3.63, 3.8) is 0 Å². The third-order valence-electron chi connectivity index (χ3n) is 4.39. The lowest BCUT2D eigenvalue weighted by molar-refractivity contribution is -0.384. The fourth-order valence-corrected chi connectivity index (χ4v) is 3.02. The molecule has 0 amide bonds. The molecule has 0 saturated heterocycles. The number of nitrogens with zero attached hydrogens (tertiary/aromatic N) is 4. The highest BCUT2D eigenvalue weighted by atomic mass is 35.5. The average Bonchev–Trinajstić information content (AvgIpc) is 2.98. The van der Waals surface area contributed by atoms with E-state index in [0.717, 1.165) is 35.7 Å². The Bertz CT molecular complexity index is 939. The molecular weight excluding hydrogens is 380 g/mol. The minimum atomic E-state index is -0.385. The maximum absolute atomic E-state index is 11.1. The van der Waals surface area contributed by atoms with Gasteiger partial charge in [0.15, 0.2) is 0 Å². The molecule has 2 aromatic carbocycles. The molecule has 0 radical (unpaired) electrons.